The molecule has 1 atom stereocenters. The van der Waals surface area contributed by atoms with E-state index in [0.717, 1.165) is 18.9 Å². The van der Waals surface area contributed by atoms with E-state index in [-0.39, 0.29) is 12.1 Å². The summed E-state index contributed by atoms with van der Waals surface area (Å²) in [5, 5.41) is 12.7. The lowest BCUT2D eigenvalue weighted by molar-refractivity contribution is 0.0590. The SMILES string of the molecule is CCC(CO)(COC)NCC1CC1. The number of hydrogen-bond acceptors (Lipinski definition) is 3. The number of hydrogen-bond donors (Lipinski definition) is 2. The molecule has 13 heavy (non-hydrogen) atoms. The summed E-state index contributed by atoms with van der Waals surface area (Å²) >= 11 is 0. The van der Waals surface area contributed by atoms with E-state index in [9.17, 15) is 5.11 Å². The first-order valence-corrected chi connectivity index (χ1v) is 5.11. The van der Waals surface area contributed by atoms with Crippen LogP contribution in [0.2, 0.25) is 0 Å². The van der Waals surface area contributed by atoms with Crippen molar-refractivity contribution in [3.05, 3.63) is 0 Å². The molecular formula is C10H21NO2. The van der Waals surface area contributed by atoms with Crippen molar-refractivity contribution in [1.29, 1.82) is 0 Å². The van der Waals surface area contributed by atoms with E-state index in [1.54, 1.807) is 7.11 Å². The molecule has 0 saturated heterocycles. The maximum absolute atomic E-state index is 9.30. The van der Waals surface area contributed by atoms with Crippen LogP contribution in [0.1, 0.15) is 26.2 Å². The van der Waals surface area contributed by atoms with Crippen LogP contribution in [-0.4, -0.2) is 37.5 Å². The van der Waals surface area contributed by atoms with Crippen LogP contribution in [0.5, 0.6) is 0 Å². The van der Waals surface area contributed by atoms with Gasteiger partial charge in [0.1, 0.15) is 0 Å². The third-order valence-electron chi connectivity index (χ3n) is 2.86. The molecule has 0 bridgehead atoms. The fourth-order valence-electron chi connectivity index (χ4n) is 1.45. The second kappa shape index (κ2) is 4.94. The van der Waals surface area contributed by atoms with Crippen molar-refractivity contribution in [2.24, 2.45) is 5.92 Å². The number of nitrogens with one attached hydrogen (secondary N) is 1. The van der Waals surface area contributed by atoms with Crippen LogP contribution in [0.25, 0.3) is 0 Å². The monoisotopic (exact) mass is 187 g/mol. The molecule has 1 saturated carbocycles. The van der Waals surface area contributed by atoms with Crippen LogP contribution in [0.15, 0.2) is 0 Å². The van der Waals surface area contributed by atoms with Crippen LogP contribution >= 0.6 is 0 Å². The first kappa shape index (κ1) is 11.0. The average Bonchev–Trinajstić information content (AvgIpc) is 2.96. The normalized spacial score (nSPS) is 21.5. The molecule has 0 radical (unpaired) electrons. The van der Waals surface area contributed by atoms with Gasteiger partial charge in [0.15, 0.2) is 0 Å². The Morgan fingerprint density at radius 2 is 2.23 bits per heavy atom. The van der Waals surface area contributed by atoms with E-state index in [0.29, 0.717) is 6.61 Å². The molecule has 3 heteroatoms. The summed E-state index contributed by atoms with van der Waals surface area (Å²) in [5.74, 6) is 0.842. The molecule has 2 N–H and O–H groups in total. The summed E-state index contributed by atoms with van der Waals surface area (Å²) < 4.78 is 5.12. The van der Waals surface area contributed by atoms with E-state index < -0.39 is 0 Å². The van der Waals surface area contributed by atoms with Gasteiger partial charge in [0.05, 0.1) is 18.8 Å². The molecule has 1 aliphatic rings. The van der Waals surface area contributed by atoms with Crippen LogP contribution in [0, 0.1) is 5.92 Å². The van der Waals surface area contributed by atoms with Gasteiger partial charge in [0, 0.05) is 7.11 Å². The predicted molar refractivity (Wildman–Crippen MR) is 52.7 cm³/mol. The maximum Gasteiger partial charge on any atom is 0.0666 e. The number of aliphatic hydroxyl groups excluding tert-OH is 1. The van der Waals surface area contributed by atoms with E-state index in [4.69, 9.17) is 4.74 Å². The molecule has 0 aromatic rings. The van der Waals surface area contributed by atoms with Gasteiger partial charge in [-0.1, -0.05) is 6.92 Å². The summed E-state index contributed by atoms with van der Waals surface area (Å²) in [6.07, 6.45) is 3.58. The highest BCUT2D eigenvalue weighted by Crippen LogP contribution is 2.28. The topological polar surface area (TPSA) is 41.5 Å². The Morgan fingerprint density at radius 3 is 2.62 bits per heavy atom. The third kappa shape index (κ3) is 3.25. The maximum atomic E-state index is 9.30. The van der Waals surface area contributed by atoms with Gasteiger partial charge in [-0.2, -0.15) is 0 Å². The third-order valence-corrected chi connectivity index (χ3v) is 2.86. The molecule has 0 aliphatic heterocycles. The Bertz CT molecular complexity index is 142. The largest absolute Gasteiger partial charge is 0.394 e. The quantitative estimate of drug-likeness (QED) is 0.618. The minimum Gasteiger partial charge on any atom is -0.394 e. The molecule has 0 amide bonds. The molecule has 0 aromatic carbocycles. The van der Waals surface area contributed by atoms with Crippen LogP contribution < -0.4 is 5.32 Å². The van der Waals surface area contributed by atoms with Crippen molar-refractivity contribution < 1.29 is 9.84 Å². The van der Waals surface area contributed by atoms with Gasteiger partial charge in [-0.25, -0.2) is 0 Å². The Morgan fingerprint density at radius 1 is 1.54 bits per heavy atom. The van der Waals surface area contributed by atoms with E-state index in [1.165, 1.54) is 12.8 Å². The highest BCUT2D eigenvalue weighted by molar-refractivity contribution is 4.88. The van der Waals surface area contributed by atoms with Gasteiger partial charge in [0.2, 0.25) is 0 Å². The Hall–Kier alpha value is -0.120. The molecule has 1 fully saturated rings. The molecule has 0 aromatic heterocycles. The van der Waals surface area contributed by atoms with E-state index in [2.05, 4.69) is 12.2 Å². The summed E-state index contributed by atoms with van der Waals surface area (Å²) in [5.41, 5.74) is -0.211. The standard InChI is InChI=1S/C10H21NO2/c1-3-10(7-12,8-13-2)11-6-9-4-5-9/h9,11-12H,3-8H2,1-2H3. The van der Waals surface area contributed by atoms with E-state index in [1.807, 2.05) is 0 Å². The first-order chi connectivity index (χ1) is 6.26. The molecule has 1 aliphatic carbocycles. The molecule has 3 nitrogen and oxygen atoms in total. The van der Waals surface area contributed by atoms with Gasteiger partial charge in [-0.05, 0) is 31.7 Å². The zero-order chi connectivity index (χ0) is 9.73. The molecule has 1 rings (SSSR count). The number of methoxy groups -OCH3 is 1. The lowest BCUT2D eigenvalue weighted by Gasteiger charge is -2.31. The van der Waals surface area contributed by atoms with Crippen molar-refractivity contribution >= 4 is 0 Å². The smallest absolute Gasteiger partial charge is 0.0666 e. The molecular weight excluding hydrogens is 166 g/mol. The minimum absolute atomic E-state index is 0.157. The average molecular weight is 187 g/mol. The van der Waals surface area contributed by atoms with Gasteiger partial charge in [-0.15, -0.1) is 0 Å². The Kier molecular flexibility index (Phi) is 4.16. The number of aliphatic hydroxyl groups is 1. The highest BCUT2D eigenvalue weighted by Gasteiger charge is 2.30. The lowest BCUT2D eigenvalue weighted by Crippen LogP contribution is -2.52. The number of rotatable bonds is 7. The minimum atomic E-state index is -0.211. The van der Waals surface area contributed by atoms with Gasteiger partial charge in [0.25, 0.3) is 0 Å². The van der Waals surface area contributed by atoms with Gasteiger partial charge in [-0.3, -0.25) is 0 Å². The van der Waals surface area contributed by atoms with Crippen molar-refractivity contribution in [2.75, 3.05) is 26.9 Å². The second-order valence-corrected chi connectivity index (χ2v) is 4.05. The van der Waals surface area contributed by atoms with Crippen molar-refractivity contribution in [1.82, 2.24) is 5.32 Å². The fraction of sp³-hybridized carbons (Fsp3) is 1.00. The molecule has 0 heterocycles. The molecule has 0 spiro atoms. The van der Waals surface area contributed by atoms with Crippen molar-refractivity contribution in [2.45, 2.75) is 31.7 Å². The lowest BCUT2D eigenvalue weighted by atomic mass is 9.98. The molecule has 78 valence electrons. The van der Waals surface area contributed by atoms with Gasteiger partial charge < -0.3 is 15.2 Å². The van der Waals surface area contributed by atoms with Crippen LogP contribution in [0.4, 0.5) is 0 Å². The van der Waals surface area contributed by atoms with E-state index >= 15 is 0 Å². The second-order valence-electron chi connectivity index (χ2n) is 4.05. The summed E-state index contributed by atoms with van der Waals surface area (Å²) in [6.45, 7) is 3.85. The zero-order valence-corrected chi connectivity index (χ0v) is 8.68. The van der Waals surface area contributed by atoms with Crippen molar-refractivity contribution in [3.63, 3.8) is 0 Å². The Balaban J connectivity index is 2.32. The zero-order valence-electron chi connectivity index (χ0n) is 8.68. The summed E-state index contributed by atoms with van der Waals surface area (Å²) in [4.78, 5) is 0. The summed E-state index contributed by atoms with van der Waals surface area (Å²) in [6, 6.07) is 0. The van der Waals surface area contributed by atoms with Crippen LogP contribution in [-0.2, 0) is 4.74 Å². The number of ether oxygens (including phenoxy) is 1. The molecule has 1 unspecified atom stereocenters. The van der Waals surface area contributed by atoms with Crippen molar-refractivity contribution in [3.8, 4) is 0 Å². The van der Waals surface area contributed by atoms with Gasteiger partial charge >= 0.3 is 0 Å². The predicted octanol–water partition coefficient (Wildman–Crippen LogP) is 0.773. The fourth-order valence-corrected chi connectivity index (χ4v) is 1.45. The van der Waals surface area contributed by atoms with Crippen LogP contribution in [0.3, 0.4) is 0 Å². The Labute approximate surface area is 80.5 Å². The first-order valence-electron chi connectivity index (χ1n) is 5.11. The summed E-state index contributed by atoms with van der Waals surface area (Å²) in [7, 11) is 1.68. The highest BCUT2D eigenvalue weighted by atomic mass is 16.5.